The molecule has 0 saturated carbocycles. The van der Waals surface area contributed by atoms with E-state index in [0.29, 0.717) is 0 Å². The van der Waals surface area contributed by atoms with E-state index in [1.54, 1.807) is 18.0 Å². The Morgan fingerprint density at radius 1 is 0.808 bits per heavy atom. The summed E-state index contributed by atoms with van der Waals surface area (Å²) in [6, 6.07) is 24.9. The van der Waals surface area contributed by atoms with Crippen molar-refractivity contribution in [2.24, 2.45) is 7.05 Å². The first-order valence-corrected chi connectivity index (χ1v) is 9.27. The highest BCUT2D eigenvalue weighted by atomic mass is 32.2. The molecule has 0 bridgehead atoms. The van der Waals surface area contributed by atoms with Crippen molar-refractivity contribution >= 4 is 11.8 Å². The Labute approximate surface area is 157 Å². The van der Waals surface area contributed by atoms with Crippen LogP contribution < -0.4 is 0 Å². The van der Waals surface area contributed by atoms with E-state index in [9.17, 15) is 0 Å². The fourth-order valence-corrected chi connectivity index (χ4v) is 3.98. The van der Waals surface area contributed by atoms with Crippen LogP contribution in [0.4, 0.5) is 0 Å². The fourth-order valence-electron chi connectivity index (χ4n) is 2.85. The number of thioether (sulfide) groups is 1. The predicted octanol–water partition coefficient (Wildman–Crippen LogP) is 4.76. The van der Waals surface area contributed by atoms with E-state index >= 15 is 0 Å². The summed E-state index contributed by atoms with van der Waals surface area (Å²) in [4.78, 5) is 4.18. The van der Waals surface area contributed by atoms with E-state index in [2.05, 4.69) is 63.7 Å². The lowest BCUT2D eigenvalue weighted by atomic mass is 10.0. The van der Waals surface area contributed by atoms with Gasteiger partial charge in [0.25, 0.3) is 0 Å². The second-order valence-corrected chi connectivity index (χ2v) is 7.00. The van der Waals surface area contributed by atoms with Gasteiger partial charge in [0.1, 0.15) is 0 Å². The van der Waals surface area contributed by atoms with Gasteiger partial charge >= 0.3 is 0 Å². The van der Waals surface area contributed by atoms with Gasteiger partial charge < -0.3 is 4.57 Å². The van der Waals surface area contributed by atoms with Crippen LogP contribution >= 0.6 is 11.8 Å². The highest BCUT2D eigenvalue weighted by Crippen LogP contribution is 2.40. The smallest absolute Gasteiger partial charge is 0.192 e. The van der Waals surface area contributed by atoms with Crippen LogP contribution in [-0.2, 0) is 7.05 Å². The molecule has 128 valence electrons. The van der Waals surface area contributed by atoms with Crippen LogP contribution in [0.5, 0.6) is 0 Å². The van der Waals surface area contributed by atoms with Crippen LogP contribution in [0.3, 0.4) is 0 Å². The molecule has 0 fully saturated rings. The molecule has 0 saturated heterocycles. The molecule has 0 aliphatic carbocycles. The maximum Gasteiger partial charge on any atom is 0.192 e. The van der Waals surface area contributed by atoms with Crippen LogP contribution in [0, 0.1) is 0 Å². The zero-order valence-corrected chi connectivity index (χ0v) is 15.2. The fraction of sp³-hybridized carbons (Fsp3) is 0.0952. The van der Waals surface area contributed by atoms with Crippen LogP contribution in [0.2, 0.25) is 0 Å². The zero-order chi connectivity index (χ0) is 17.8. The molecule has 0 atom stereocenters. The topological polar surface area (TPSA) is 43.6 Å². The van der Waals surface area contributed by atoms with Crippen molar-refractivity contribution in [3.8, 4) is 11.4 Å². The third-order valence-corrected chi connectivity index (χ3v) is 5.53. The summed E-state index contributed by atoms with van der Waals surface area (Å²) in [6.45, 7) is 0. The van der Waals surface area contributed by atoms with E-state index in [1.807, 2.05) is 42.1 Å². The van der Waals surface area contributed by atoms with E-state index in [-0.39, 0.29) is 5.25 Å². The predicted molar refractivity (Wildman–Crippen MR) is 105 cm³/mol. The van der Waals surface area contributed by atoms with Crippen LogP contribution in [-0.4, -0.2) is 19.7 Å². The molecule has 4 aromatic rings. The largest absolute Gasteiger partial charge is 0.305 e. The van der Waals surface area contributed by atoms with Gasteiger partial charge in [-0.25, -0.2) is 0 Å². The van der Waals surface area contributed by atoms with Gasteiger partial charge in [-0.1, -0.05) is 72.4 Å². The van der Waals surface area contributed by atoms with Gasteiger partial charge in [0, 0.05) is 25.0 Å². The average Bonchev–Trinajstić information content (AvgIpc) is 3.08. The summed E-state index contributed by atoms with van der Waals surface area (Å²) < 4.78 is 2.03. The second-order valence-electron chi connectivity index (χ2n) is 5.93. The lowest BCUT2D eigenvalue weighted by molar-refractivity contribution is 0.791. The lowest BCUT2D eigenvalue weighted by Gasteiger charge is -2.17. The van der Waals surface area contributed by atoms with Gasteiger partial charge in [-0.2, -0.15) is 0 Å². The second kappa shape index (κ2) is 7.54. The molecule has 2 aromatic carbocycles. The minimum Gasteiger partial charge on any atom is -0.305 e. The number of hydrogen-bond acceptors (Lipinski definition) is 4. The van der Waals surface area contributed by atoms with Gasteiger partial charge in [0.2, 0.25) is 0 Å². The minimum absolute atomic E-state index is 0.155. The van der Waals surface area contributed by atoms with E-state index in [4.69, 9.17) is 0 Å². The van der Waals surface area contributed by atoms with Gasteiger partial charge in [-0.3, -0.25) is 4.98 Å². The maximum absolute atomic E-state index is 4.43. The maximum atomic E-state index is 4.43. The van der Waals surface area contributed by atoms with Crippen molar-refractivity contribution in [1.29, 1.82) is 0 Å². The van der Waals surface area contributed by atoms with Crippen LogP contribution in [0.15, 0.2) is 90.3 Å². The van der Waals surface area contributed by atoms with Crippen molar-refractivity contribution in [1.82, 2.24) is 19.7 Å². The quantitative estimate of drug-likeness (QED) is 0.483. The summed E-state index contributed by atoms with van der Waals surface area (Å²) in [7, 11) is 2.00. The molecule has 0 N–H and O–H groups in total. The van der Waals surface area contributed by atoms with Crippen molar-refractivity contribution in [3.05, 3.63) is 96.3 Å². The number of nitrogens with zero attached hydrogens (tertiary/aromatic N) is 4. The number of benzene rings is 2. The van der Waals surface area contributed by atoms with Crippen molar-refractivity contribution in [2.75, 3.05) is 0 Å². The van der Waals surface area contributed by atoms with Gasteiger partial charge in [0.15, 0.2) is 11.0 Å². The van der Waals surface area contributed by atoms with Crippen molar-refractivity contribution < 1.29 is 0 Å². The summed E-state index contributed by atoms with van der Waals surface area (Å²) >= 11 is 1.71. The molecule has 0 radical (unpaired) electrons. The summed E-state index contributed by atoms with van der Waals surface area (Å²) in [5.41, 5.74) is 3.45. The lowest BCUT2D eigenvalue weighted by Crippen LogP contribution is -2.00. The molecule has 0 unspecified atom stereocenters. The Hall–Kier alpha value is -2.92. The molecule has 5 heteroatoms. The van der Waals surface area contributed by atoms with Crippen molar-refractivity contribution in [2.45, 2.75) is 10.4 Å². The molecule has 4 nitrogen and oxygen atoms in total. The third kappa shape index (κ3) is 3.39. The SMILES string of the molecule is Cn1c(SC(c2ccccc2)c2ccccc2)nnc1-c1cccnc1. The van der Waals surface area contributed by atoms with Gasteiger partial charge in [-0.15, -0.1) is 10.2 Å². The molecule has 0 aliphatic heterocycles. The highest BCUT2D eigenvalue weighted by Gasteiger charge is 2.20. The van der Waals surface area contributed by atoms with Gasteiger partial charge in [-0.05, 0) is 23.3 Å². The molecule has 2 heterocycles. The Morgan fingerprint density at radius 3 is 2.04 bits per heavy atom. The summed E-state index contributed by atoms with van der Waals surface area (Å²) in [5, 5.41) is 9.84. The Morgan fingerprint density at radius 2 is 1.46 bits per heavy atom. The summed E-state index contributed by atoms with van der Waals surface area (Å²) in [5.74, 6) is 0.820. The Kier molecular flexibility index (Phi) is 4.80. The number of pyridine rings is 1. The molecular formula is C21H18N4S. The minimum atomic E-state index is 0.155. The first kappa shape index (κ1) is 16.5. The normalized spacial score (nSPS) is 11.0. The first-order chi connectivity index (χ1) is 12.8. The Balaban J connectivity index is 1.70. The molecule has 0 aliphatic rings. The average molecular weight is 358 g/mol. The number of hydrogen-bond donors (Lipinski definition) is 0. The first-order valence-electron chi connectivity index (χ1n) is 8.39. The molecule has 0 spiro atoms. The van der Waals surface area contributed by atoms with E-state index < -0.39 is 0 Å². The van der Waals surface area contributed by atoms with Crippen molar-refractivity contribution in [3.63, 3.8) is 0 Å². The zero-order valence-electron chi connectivity index (χ0n) is 14.4. The molecule has 0 amide bonds. The summed E-state index contributed by atoms with van der Waals surface area (Å²) in [6.07, 6.45) is 3.57. The Bertz CT molecular complexity index is 929. The van der Waals surface area contributed by atoms with Crippen LogP contribution in [0.1, 0.15) is 16.4 Å². The number of rotatable bonds is 5. The third-order valence-electron chi connectivity index (χ3n) is 4.18. The molecule has 2 aromatic heterocycles. The highest BCUT2D eigenvalue weighted by molar-refractivity contribution is 7.99. The number of aromatic nitrogens is 4. The standard InChI is InChI=1S/C21H18N4S/c1-25-20(18-13-8-14-22-15-18)23-24-21(25)26-19(16-9-4-2-5-10-16)17-11-6-3-7-12-17/h2-15,19H,1H3. The van der Waals surface area contributed by atoms with E-state index in [0.717, 1.165) is 16.5 Å². The van der Waals surface area contributed by atoms with Crippen LogP contribution in [0.25, 0.3) is 11.4 Å². The molecule has 26 heavy (non-hydrogen) atoms. The van der Waals surface area contributed by atoms with Gasteiger partial charge in [0.05, 0.1) is 5.25 Å². The van der Waals surface area contributed by atoms with E-state index in [1.165, 1.54) is 11.1 Å². The molecular weight excluding hydrogens is 340 g/mol. The monoisotopic (exact) mass is 358 g/mol. The molecule has 4 rings (SSSR count).